The number of hydrogen-bond donors (Lipinski definition) is 5. The zero-order chi connectivity index (χ0) is 21.7. The molecule has 0 aromatic rings. The molecule has 2 fully saturated rings. The van der Waals surface area contributed by atoms with Gasteiger partial charge in [-0.3, -0.25) is 4.79 Å². The Morgan fingerprint density at radius 3 is 2.45 bits per heavy atom. The van der Waals surface area contributed by atoms with Gasteiger partial charge in [-0.15, -0.1) is 0 Å². The Hall–Kier alpha value is -1.79. The minimum absolute atomic E-state index is 0.191. The minimum Gasteiger partial charge on any atom is -0.479 e. The fraction of sp³-hybridized carbons (Fsp3) is 0.833. The van der Waals surface area contributed by atoms with Crippen LogP contribution < -0.4 is 0 Å². The summed E-state index contributed by atoms with van der Waals surface area (Å²) in [5.41, 5.74) is 0. The van der Waals surface area contributed by atoms with E-state index in [4.69, 9.17) is 14.6 Å². The van der Waals surface area contributed by atoms with Gasteiger partial charge in [-0.05, 0) is 32.1 Å². The summed E-state index contributed by atoms with van der Waals surface area (Å²) >= 11 is 0. The highest BCUT2D eigenvalue weighted by Crippen LogP contribution is 2.28. The fourth-order valence-corrected chi connectivity index (χ4v) is 3.81. The summed E-state index contributed by atoms with van der Waals surface area (Å²) in [4.78, 5) is 35.3. The zero-order valence-corrected chi connectivity index (χ0v) is 16.2. The molecule has 2 amide bonds. The van der Waals surface area contributed by atoms with Crippen LogP contribution in [-0.2, 0) is 19.1 Å². The van der Waals surface area contributed by atoms with Crippen molar-refractivity contribution in [2.24, 2.45) is 0 Å². The highest BCUT2D eigenvalue weighted by atomic mass is 16.7. The van der Waals surface area contributed by atoms with Crippen LogP contribution in [0, 0.1) is 0 Å². The number of aliphatic hydroxyl groups is 3. The third-order valence-corrected chi connectivity index (χ3v) is 5.34. The average molecular weight is 419 g/mol. The number of imide groups is 1. The molecule has 2 aliphatic heterocycles. The van der Waals surface area contributed by atoms with E-state index in [0.29, 0.717) is 38.5 Å². The minimum atomic E-state index is -1.80. The molecule has 7 atom stereocenters. The normalized spacial score (nSPS) is 34.1. The van der Waals surface area contributed by atoms with Crippen LogP contribution in [0.25, 0.3) is 0 Å². The fourth-order valence-electron chi connectivity index (χ4n) is 3.81. The molecule has 0 saturated carbocycles. The lowest BCUT2D eigenvalue weighted by Crippen LogP contribution is -2.60. The molecule has 2 aliphatic rings. The summed E-state index contributed by atoms with van der Waals surface area (Å²) in [5, 5.41) is 48.2. The van der Waals surface area contributed by atoms with Crippen LogP contribution in [0.3, 0.4) is 0 Å². The smallest absolute Gasteiger partial charge is 0.414 e. The van der Waals surface area contributed by atoms with Crippen molar-refractivity contribution >= 4 is 18.0 Å². The Balaban J connectivity index is 2.02. The summed E-state index contributed by atoms with van der Waals surface area (Å²) in [5.74, 6) is -1.93. The summed E-state index contributed by atoms with van der Waals surface area (Å²) in [7, 11) is 0. The Kier molecular flexibility index (Phi) is 8.34. The molecular formula is C18H29NO10. The molecule has 166 valence electrons. The molecule has 0 aromatic heterocycles. The quantitative estimate of drug-likeness (QED) is 0.357. The number of carbonyl (C=O) groups excluding carboxylic acids is 1. The van der Waals surface area contributed by atoms with Crippen molar-refractivity contribution in [2.45, 2.75) is 94.7 Å². The molecule has 2 rings (SSSR count). The first kappa shape index (κ1) is 23.5. The van der Waals surface area contributed by atoms with Gasteiger partial charge in [0.05, 0.1) is 6.10 Å². The van der Waals surface area contributed by atoms with E-state index in [1.54, 1.807) is 0 Å². The zero-order valence-electron chi connectivity index (χ0n) is 16.2. The number of carbonyl (C=O) groups is 3. The second kappa shape index (κ2) is 10.3. The van der Waals surface area contributed by atoms with Crippen molar-refractivity contribution in [3.8, 4) is 0 Å². The van der Waals surface area contributed by atoms with Crippen LogP contribution in [0.1, 0.15) is 51.9 Å². The van der Waals surface area contributed by atoms with E-state index in [0.717, 1.165) is 4.90 Å². The third kappa shape index (κ3) is 5.64. The van der Waals surface area contributed by atoms with E-state index >= 15 is 0 Å². The van der Waals surface area contributed by atoms with E-state index < -0.39 is 60.8 Å². The molecule has 11 nitrogen and oxygen atoms in total. The van der Waals surface area contributed by atoms with Gasteiger partial charge in [-0.1, -0.05) is 13.3 Å². The number of carboxylic acids is 1. The van der Waals surface area contributed by atoms with Crippen LogP contribution in [-0.4, -0.2) is 91.3 Å². The lowest BCUT2D eigenvalue weighted by atomic mass is 9.95. The first-order chi connectivity index (χ1) is 13.7. The molecule has 2 saturated heterocycles. The van der Waals surface area contributed by atoms with Gasteiger partial charge in [-0.2, -0.15) is 0 Å². The van der Waals surface area contributed by atoms with Gasteiger partial charge in [0.1, 0.15) is 18.3 Å². The molecule has 2 heterocycles. The molecule has 0 aromatic carbocycles. The van der Waals surface area contributed by atoms with Gasteiger partial charge in [-0.25, -0.2) is 14.5 Å². The number of rotatable bonds is 8. The molecule has 5 N–H and O–H groups in total. The standard InChI is InChI=1S/C18H29NO10/c1-2-4-10(8-7-9-5-3-6-11(20)19(9)18(26)27)28-17-14(23)12(21)13(22)15(29-17)16(24)25/h9-10,12-15,17,21-23H,2-8H2,1H3,(H,24,25)(H,26,27)/t9?,10?,12-,13-,14+,15-,17?/m0/s1. The molecule has 3 unspecified atom stereocenters. The summed E-state index contributed by atoms with van der Waals surface area (Å²) < 4.78 is 10.8. The molecule has 0 bridgehead atoms. The van der Waals surface area contributed by atoms with E-state index in [1.807, 2.05) is 6.92 Å². The molecule has 29 heavy (non-hydrogen) atoms. The number of aliphatic carboxylic acids is 1. The molecule has 0 radical (unpaired) electrons. The van der Waals surface area contributed by atoms with E-state index in [2.05, 4.69) is 0 Å². The maximum atomic E-state index is 11.9. The maximum absolute atomic E-state index is 11.9. The Morgan fingerprint density at radius 1 is 1.17 bits per heavy atom. The predicted octanol–water partition coefficient (Wildman–Crippen LogP) is -0.0968. The highest BCUT2D eigenvalue weighted by molar-refractivity contribution is 5.92. The first-order valence-corrected chi connectivity index (χ1v) is 9.80. The van der Waals surface area contributed by atoms with Gasteiger partial charge in [0.25, 0.3) is 0 Å². The monoisotopic (exact) mass is 419 g/mol. The van der Waals surface area contributed by atoms with Crippen LogP contribution >= 0.6 is 0 Å². The number of hydrogen-bond acceptors (Lipinski definition) is 8. The number of amides is 2. The number of piperidine rings is 1. The van der Waals surface area contributed by atoms with Gasteiger partial charge in [0.2, 0.25) is 5.91 Å². The second-order valence-corrected chi connectivity index (χ2v) is 7.45. The van der Waals surface area contributed by atoms with Crippen molar-refractivity contribution in [2.75, 3.05) is 0 Å². The SMILES string of the molecule is CCCC(CCC1CCCC(=O)N1C(=O)O)OC1O[C@H](C(=O)O)[C@@H](O)[C@H](O)[C@H]1O. The van der Waals surface area contributed by atoms with Gasteiger partial charge in [0.15, 0.2) is 12.4 Å². The van der Waals surface area contributed by atoms with Gasteiger partial charge in [0, 0.05) is 12.5 Å². The van der Waals surface area contributed by atoms with Crippen LogP contribution in [0.2, 0.25) is 0 Å². The first-order valence-electron chi connectivity index (χ1n) is 9.80. The number of nitrogens with zero attached hydrogens (tertiary/aromatic N) is 1. The predicted molar refractivity (Wildman–Crippen MR) is 95.8 cm³/mol. The summed E-state index contributed by atoms with van der Waals surface area (Å²) in [6.07, 6.45) is -7.00. The van der Waals surface area contributed by atoms with Crippen LogP contribution in [0.15, 0.2) is 0 Å². The number of likely N-dealkylation sites (tertiary alicyclic amines) is 1. The topological polar surface area (TPSA) is 174 Å². The molecule has 0 aliphatic carbocycles. The summed E-state index contributed by atoms with van der Waals surface area (Å²) in [6.45, 7) is 1.89. The molecule has 0 spiro atoms. The van der Waals surface area contributed by atoms with Crippen molar-refractivity contribution in [3.05, 3.63) is 0 Å². The Bertz CT molecular complexity index is 599. The van der Waals surface area contributed by atoms with E-state index in [-0.39, 0.29) is 6.42 Å². The number of carboxylic acid groups (broad SMARTS) is 2. The lowest BCUT2D eigenvalue weighted by molar-refractivity contribution is -0.305. The van der Waals surface area contributed by atoms with Crippen molar-refractivity contribution in [1.82, 2.24) is 4.90 Å². The van der Waals surface area contributed by atoms with E-state index in [9.17, 15) is 34.8 Å². The molecule has 11 heteroatoms. The van der Waals surface area contributed by atoms with Crippen LogP contribution in [0.4, 0.5) is 4.79 Å². The largest absolute Gasteiger partial charge is 0.479 e. The van der Waals surface area contributed by atoms with Gasteiger partial charge < -0.3 is 35.0 Å². The number of aliphatic hydroxyl groups excluding tert-OH is 3. The third-order valence-electron chi connectivity index (χ3n) is 5.34. The van der Waals surface area contributed by atoms with Gasteiger partial charge >= 0.3 is 12.1 Å². The Labute approximate surface area is 167 Å². The summed E-state index contributed by atoms with van der Waals surface area (Å²) in [6, 6.07) is -0.479. The van der Waals surface area contributed by atoms with Crippen LogP contribution in [0.5, 0.6) is 0 Å². The average Bonchev–Trinajstić information content (AvgIpc) is 2.65. The van der Waals surface area contributed by atoms with Crippen molar-refractivity contribution in [1.29, 1.82) is 0 Å². The lowest BCUT2D eigenvalue weighted by Gasteiger charge is -2.40. The Morgan fingerprint density at radius 2 is 1.86 bits per heavy atom. The van der Waals surface area contributed by atoms with Crippen molar-refractivity contribution in [3.63, 3.8) is 0 Å². The molecular weight excluding hydrogens is 390 g/mol. The second-order valence-electron chi connectivity index (χ2n) is 7.45. The van der Waals surface area contributed by atoms with Crippen molar-refractivity contribution < 1.29 is 49.4 Å². The maximum Gasteiger partial charge on any atom is 0.414 e. The van der Waals surface area contributed by atoms with E-state index in [1.165, 1.54) is 0 Å². The number of ether oxygens (including phenoxy) is 2. The highest BCUT2D eigenvalue weighted by Gasteiger charge is 2.48.